The zero-order valence-electron chi connectivity index (χ0n) is 13.3. The van der Waals surface area contributed by atoms with E-state index in [2.05, 4.69) is 55.1 Å². The van der Waals surface area contributed by atoms with Crippen LogP contribution in [0.3, 0.4) is 0 Å². The monoisotopic (exact) mass is 384 g/mol. The second-order valence-corrected chi connectivity index (χ2v) is 4.90. The van der Waals surface area contributed by atoms with Crippen LogP contribution in [0.4, 0.5) is 0 Å². The smallest absolute Gasteiger partial charge is 0.191 e. The molecule has 0 aromatic heterocycles. The van der Waals surface area contributed by atoms with Gasteiger partial charge in [-0.2, -0.15) is 0 Å². The van der Waals surface area contributed by atoms with Crippen LogP contribution in [-0.2, 0) is 0 Å². The van der Waals surface area contributed by atoms with E-state index in [1.54, 1.807) is 0 Å². The topological polar surface area (TPSA) is 39.7 Å². The first kappa shape index (κ1) is 21.3. The van der Waals surface area contributed by atoms with Gasteiger partial charge in [-0.05, 0) is 32.4 Å². The van der Waals surface area contributed by atoms with Crippen molar-refractivity contribution in [2.45, 2.75) is 41.0 Å². The van der Waals surface area contributed by atoms with Crippen molar-refractivity contribution >= 4 is 29.9 Å². The minimum Gasteiger partial charge on any atom is -0.357 e. The van der Waals surface area contributed by atoms with Crippen molar-refractivity contribution < 1.29 is 0 Å². The van der Waals surface area contributed by atoms with Crippen molar-refractivity contribution in [3.8, 4) is 0 Å². The van der Waals surface area contributed by atoms with Gasteiger partial charge < -0.3 is 15.5 Å². The van der Waals surface area contributed by atoms with Crippen LogP contribution in [0.1, 0.15) is 41.0 Å². The SMILES string of the molecule is CCNC(=NCCC(C)C)NCCN(CC)CC.I. The Morgan fingerprint density at radius 3 is 2.21 bits per heavy atom. The number of nitrogens with zero attached hydrogens (tertiary/aromatic N) is 2. The molecule has 2 N–H and O–H groups in total. The fourth-order valence-corrected chi connectivity index (χ4v) is 1.65. The summed E-state index contributed by atoms with van der Waals surface area (Å²) >= 11 is 0. The zero-order valence-corrected chi connectivity index (χ0v) is 15.7. The standard InChI is InChI=1S/C14H32N4.HI/c1-6-15-14(16-10-9-13(4)5)17-11-12-18(7-2)8-3;/h13H,6-12H2,1-5H3,(H2,15,16,17);1H. The quantitative estimate of drug-likeness (QED) is 0.365. The average Bonchev–Trinajstić information content (AvgIpc) is 2.34. The van der Waals surface area contributed by atoms with Gasteiger partial charge in [0, 0.05) is 26.2 Å². The van der Waals surface area contributed by atoms with Crippen LogP contribution in [0, 0.1) is 5.92 Å². The molecule has 0 amide bonds. The molecule has 4 nitrogen and oxygen atoms in total. The molecule has 0 unspecified atom stereocenters. The largest absolute Gasteiger partial charge is 0.357 e. The highest BCUT2D eigenvalue weighted by Crippen LogP contribution is 1.98. The Hall–Kier alpha value is -0.0400. The maximum atomic E-state index is 4.58. The summed E-state index contributed by atoms with van der Waals surface area (Å²) in [5.74, 6) is 1.66. The van der Waals surface area contributed by atoms with Gasteiger partial charge in [0.1, 0.15) is 0 Å². The van der Waals surface area contributed by atoms with Gasteiger partial charge in [-0.25, -0.2) is 0 Å². The maximum absolute atomic E-state index is 4.58. The second kappa shape index (κ2) is 14.4. The van der Waals surface area contributed by atoms with Crippen molar-refractivity contribution in [3.05, 3.63) is 0 Å². The van der Waals surface area contributed by atoms with Crippen LogP contribution < -0.4 is 10.6 Å². The molecule has 0 rings (SSSR count). The van der Waals surface area contributed by atoms with E-state index >= 15 is 0 Å². The Bertz CT molecular complexity index is 215. The highest BCUT2D eigenvalue weighted by Gasteiger charge is 2.00. The summed E-state index contributed by atoms with van der Waals surface area (Å²) in [4.78, 5) is 6.99. The van der Waals surface area contributed by atoms with Crippen LogP contribution in [0.5, 0.6) is 0 Å². The number of rotatable bonds is 9. The number of nitrogens with one attached hydrogen (secondary N) is 2. The lowest BCUT2D eigenvalue weighted by molar-refractivity contribution is 0.308. The predicted molar refractivity (Wildman–Crippen MR) is 96.6 cm³/mol. The van der Waals surface area contributed by atoms with E-state index in [9.17, 15) is 0 Å². The molecule has 0 saturated carbocycles. The molecular weight excluding hydrogens is 351 g/mol. The highest BCUT2D eigenvalue weighted by atomic mass is 127. The van der Waals surface area contributed by atoms with E-state index < -0.39 is 0 Å². The van der Waals surface area contributed by atoms with Gasteiger partial charge in [-0.1, -0.05) is 27.7 Å². The molecule has 0 saturated heterocycles. The van der Waals surface area contributed by atoms with E-state index in [-0.39, 0.29) is 24.0 Å². The molecule has 116 valence electrons. The van der Waals surface area contributed by atoms with Gasteiger partial charge in [0.05, 0.1) is 0 Å². The molecule has 0 aliphatic rings. The third kappa shape index (κ3) is 12.7. The lowest BCUT2D eigenvalue weighted by Gasteiger charge is -2.19. The maximum Gasteiger partial charge on any atom is 0.191 e. The molecule has 0 radical (unpaired) electrons. The van der Waals surface area contributed by atoms with Crippen molar-refractivity contribution in [1.29, 1.82) is 0 Å². The van der Waals surface area contributed by atoms with Crippen LogP contribution >= 0.6 is 24.0 Å². The van der Waals surface area contributed by atoms with E-state index in [0.29, 0.717) is 5.92 Å². The average molecular weight is 384 g/mol. The van der Waals surface area contributed by atoms with Crippen LogP contribution in [0.2, 0.25) is 0 Å². The van der Waals surface area contributed by atoms with E-state index in [4.69, 9.17) is 0 Å². The summed E-state index contributed by atoms with van der Waals surface area (Å²) < 4.78 is 0. The fourth-order valence-electron chi connectivity index (χ4n) is 1.65. The van der Waals surface area contributed by atoms with E-state index in [0.717, 1.165) is 51.6 Å². The van der Waals surface area contributed by atoms with Gasteiger partial charge in [0.15, 0.2) is 5.96 Å². The van der Waals surface area contributed by atoms with Gasteiger partial charge in [0.2, 0.25) is 0 Å². The van der Waals surface area contributed by atoms with Gasteiger partial charge in [0.25, 0.3) is 0 Å². The fraction of sp³-hybridized carbons (Fsp3) is 0.929. The molecule has 0 aromatic rings. The summed E-state index contributed by atoms with van der Waals surface area (Å²) in [6.45, 7) is 17.0. The van der Waals surface area contributed by atoms with E-state index in [1.807, 2.05) is 0 Å². The van der Waals surface area contributed by atoms with Crippen molar-refractivity contribution in [2.75, 3.05) is 39.3 Å². The Labute approximate surface area is 136 Å². The lowest BCUT2D eigenvalue weighted by atomic mass is 10.1. The summed E-state index contributed by atoms with van der Waals surface area (Å²) in [5.41, 5.74) is 0. The molecule has 0 bridgehead atoms. The number of aliphatic imine (C=N–C) groups is 1. The molecule has 0 aliphatic heterocycles. The number of halogens is 1. The highest BCUT2D eigenvalue weighted by molar-refractivity contribution is 14.0. The first-order valence-corrected chi connectivity index (χ1v) is 7.38. The van der Waals surface area contributed by atoms with Gasteiger partial charge in [-0.15, -0.1) is 24.0 Å². The van der Waals surface area contributed by atoms with Crippen molar-refractivity contribution in [2.24, 2.45) is 10.9 Å². The molecular formula is C14H33IN4. The first-order chi connectivity index (χ1) is 8.63. The Balaban J connectivity index is 0. The van der Waals surface area contributed by atoms with Crippen LogP contribution in [0.25, 0.3) is 0 Å². The normalized spacial score (nSPS) is 11.6. The summed E-state index contributed by atoms with van der Waals surface area (Å²) in [6.07, 6.45) is 1.15. The van der Waals surface area contributed by atoms with Crippen LogP contribution in [0.15, 0.2) is 4.99 Å². The molecule has 0 fully saturated rings. The Morgan fingerprint density at radius 1 is 1.11 bits per heavy atom. The minimum absolute atomic E-state index is 0. The number of likely N-dealkylation sites (N-methyl/N-ethyl adjacent to an activating group) is 1. The minimum atomic E-state index is 0. The van der Waals surface area contributed by atoms with Gasteiger partial charge in [-0.3, -0.25) is 4.99 Å². The molecule has 5 heteroatoms. The van der Waals surface area contributed by atoms with Crippen LogP contribution in [-0.4, -0.2) is 50.1 Å². The number of guanidine groups is 1. The third-order valence-electron chi connectivity index (χ3n) is 2.94. The van der Waals surface area contributed by atoms with Crippen molar-refractivity contribution in [1.82, 2.24) is 15.5 Å². The third-order valence-corrected chi connectivity index (χ3v) is 2.94. The molecule has 0 atom stereocenters. The zero-order chi connectivity index (χ0) is 13.8. The lowest BCUT2D eigenvalue weighted by Crippen LogP contribution is -2.41. The summed E-state index contributed by atoms with van der Waals surface area (Å²) in [7, 11) is 0. The molecule has 19 heavy (non-hydrogen) atoms. The van der Waals surface area contributed by atoms with Gasteiger partial charge >= 0.3 is 0 Å². The molecule has 0 aromatic carbocycles. The van der Waals surface area contributed by atoms with E-state index in [1.165, 1.54) is 0 Å². The molecule has 0 heterocycles. The van der Waals surface area contributed by atoms with Crippen molar-refractivity contribution in [3.63, 3.8) is 0 Å². The Morgan fingerprint density at radius 2 is 1.74 bits per heavy atom. The first-order valence-electron chi connectivity index (χ1n) is 7.38. The second-order valence-electron chi connectivity index (χ2n) is 4.90. The summed E-state index contributed by atoms with van der Waals surface area (Å²) in [5, 5.41) is 6.68. The molecule has 0 aliphatic carbocycles. The molecule has 0 spiro atoms. The number of hydrogen-bond donors (Lipinski definition) is 2. The number of hydrogen-bond acceptors (Lipinski definition) is 2. The summed E-state index contributed by atoms with van der Waals surface area (Å²) in [6, 6.07) is 0. The predicted octanol–water partition coefficient (Wildman–Crippen LogP) is 2.55. The Kier molecular flexibility index (Phi) is 16.1.